The van der Waals surface area contributed by atoms with Crippen LogP contribution in [0.5, 0.6) is 5.75 Å². The van der Waals surface area contributed by atoms with Gasteiger partial charge in [-0.3, -0.25) is 4.90 Å². The number of ether oxygens (including phenoxy) is 1. The van der Waals surface area contributed by atoms with Gasteiger partial charge in [0.25, 0.3) is 0 Å². The van der Waals surface area contributed by atoms with Gasteiger partial charge < -0.3 is 10.1 Å². The molecule has 1 fully saturated rings. The molecule has 0 spiro atoms. The molecule has 0 radical (unpaired) electrons. The lowest BCUT2D eigenvalue weighted by atomic mass is 10.1. The van der Waals surface area contributed by atoms with E-state index in [0.29, 0.717) is 6.04 Å². The van der Waals surface area contributed by atoms with Crippen molar-refractivity contribution in [1.29, 1.82) is 0 Å². The zero-order chi connectivity index (χ0) is 12.8. The smallest absolute Gasteiger partial charge is 0.119 e. The van der Waals surface area contributed by atoms with Crippen molar-refractivity contribution in [3.8, 4) is 5.75 Å². The molecule has 0 aromatic heterocycles. The summed E-state index contributed by atoms with van der Waals surface area (Å²) in [5, 5.41) is 3.56. The maximum absolute atomic E-state index is 5.27. The SMILES string of the molecule is CCN(Cc1cccc(OC)c1)CC1CCCN1. The van der Waals surface area contributed by atoms with Gasteiger partial charge in [0.2, 0.25) is 0 Å². The minimum atomic E-state index is 0.676. The van der Waals surface area contributed by atoms with Crippen LogP contribution in [0.3, 0.4) is 0 Å². The maximum atomic E-state index is 5.27. The van der Waals surface area contributed by atoms with Gasteiger partial charge in [0.1, 0.15) is 5.75 Å². The lowest BCUT2D eigenvalue weighted by molar-refractivity contribution is 0.253. The number of benzene rings is 1. The predicted octanol–water partition coefficient (Wildman–Crippen LogP) is 2.27. The van der Waals surface area contributed by atoms with Gasteiger partial charge in [-0.15, -0.1) is 0 Å². The Kier molecular flexibility index (Phi) is 5.02. The summed E-state index contributed by atoms with van der Waals surface area (Å²) in [6.07, 6.45) is 2.63. The molecule has 3 nitrogen and oxygen atoms in total. The molecule has 1 saturated heterocycles. The predicted molar refractivity (Wildman–Crippen MR) is 75.0 cm³/mol. The quantitative estimate of drug-likeness (QED) is 0.836. The van der Waals surface area contributed by atoms with Crippen molar-refractivity contribution in [2.24, 2.45) is 0 Å². The molecular formula is C15H24N2O. The van der Waals surface area contributed by atoms with E-state index in [1.165, 1.54) is 24.9 Å². The second-order valence-electron chi connectivity index (χ2n) is 4.97. The van der Waals surface area contributed by atoms with Crippen LogP contribution in [0.25, 0.3) is 0 Å². The Morgan fingerprint density at radius 3 is 3.00 bits per heavy atom. The van der Waals surface area contributed by atoms with Gasteiger partial charge in [0.05, 0.1) is 7.11 Å². The van der Waals surface area contributed by atoms with E-state index in [4.69, 9.17) is 4.74 Å². The highest BCUT2D eigenvalue weighted by Gasteiger charge is 2.17. The molecular weight excluding hydrogens is 224 g/mol. The molecule has 1 aliphatic heterocycles. The molecule has 18 heavy (non-hydrogen) atoms. The van der Waals surface area contributed by atoms with Crippen molar-refractivity contribution in [1.82, 2.24) is 10.2 Å². The lowest BCUT2D eigenvalue weighted by Crippen LogP contribution is -2.37. The van der Waals surface area contributed by atoms with E-state index < -0.39 is 0 Å². The van der Waals surface area contributed by atoms with E-state index in [1.807, 2.05) is 6.07 Å². The van der Waals surface area contributed by atoms with Crippen molar-refractivity contribution in [2.45, 2.75) is 32.4 Å². The molecule has 0 bridgehead atoms. The Balaban J connectivity index is 1.91. The van der Waals surface area contributed by atoms with Gasteiger partial charge in [-0.2, -0.15) is 0 Å². The maximum Gasteiger partial charge on any atom is 0.119 e. The van der Waals surface area contributed by atoms with E-state index in [1.54, 1.807) is 7.11 Å². The number of methoxy groups -OCH3 is 1. The number of nitrogens with zero attached hydrogens (tertiary/aromatic N) is 1. The summed E-state index contributed by atoms with van der Waals surface area (Å²) >= 11 is 0. The summed E-state index contributed by atoms with van der Waals surface area (Å²) < 4.78 is 5.27. The first-order chi connectivity index (χ1) is 8.81. The minimum absolute atomic E-state index is 0.676. The summed E-state index contributed by atoms with van der Waals surface area (Å²) in [5.41, 5.74) is 1.33. The molecule has 0 aliphatic carbocycles. The molecule has 2 rings (SSSR count). The van der Waals surface area contributed by atoms with Crippen molar-refractivity contribution in [3.05, 3.63) is 29.8 Å². The third-order valence-electron chi connectivity index (χ3n) is 3.63. The fourth-order valence-corrected chi connectivity index (χ4v) is 2.56. The van der Waals surface area contributed by atoms with Crippen LogP contribution in [-0.4, -0.2) is 37.7 Å². The number of nitrogens with one attached hydrogen (secondary N) is 1. The Labute approximate surface area is 110 Å². The van der Waals surface area contributed by atoms with Crippen molar-refractivity contribution < 1.29 is 4.74 Å². The van der Waals surface area contributed by atoms with Crippen LogP contribution >= 0.6 is 0 Å². The first kappa shape index (κ1) is 13.4. The molecule has 1 heterocycles. The van der Waals surface area contributed by atoms with E-state index in [9.17, 15) is 0 Å². The zero-order valence-corrected chi connectivity index (χ0v) is 11.5. The topological polar surface area (TPSA) is 24.5 Å². The average Bonchev–Trinajstić information content (AvgIpc) is 2.91. The summed E-state index contributed by atoms with van der Waals surface area (Å²) in [6, 6.07) is 9.04. The Morgan fingerprint density at radius 1 is 1.44 bits per heavy atom. The number of rotatable bonds is 6. The molecule has 1 atom stereocenters. The molecule has 1 aromatic rings. The van der Waals surface area contributed by atoms with Gasteiger partial charge in [-0.1, -0.05) is 19.1 Å². The Morgan fingerprint density at radius 2 is 2.33 bits per heavy atom. The first-order valence-electron chi connectivity index (χ1n) is 6.90. The summed E-state index contributed by atoms with van der Waals surface area (Å²) in [6.45, 7) is 6.66. The van der Waals surface area contributed by atoms with Crippen LogP contribution in [0.4, 0.5) is 0 Å². The number of likely N-dealkylation sites (N-methyl/N-ethyl adjacent to an activating group) is 1. The van der Waals surface area contributed by atoms with Crippen molar-refractivity contribution >= 4 is 0 Å². The fraction of sp³-hybridized carbons (Fsp3) is 0.600. The zero-order valence-electron chi connectivity index (χ0n) is 11.5. The molecule has 1 N–H and O–H groups in total. The summed E-state index contributed by atoms with van der Waals surface area (Å²) in [7, 11) is 1.72. The van der Waals surface area contributed by atoms with Crippen LogP contribution in [-0.2, 0) is 6.54 Å². The van der Waals surface area contributed by atoms with Gasteiger partial charge in [0, 0.05) is 19.1 Å². The summed E-state index contributed by atoms with van der Waals surface area (Å²) in [5.74, 6) is 0.947. The minimum Gasteiger partial charge on any atom is -0.497 e. The monoisotopic (exact) mass is 248 g/mol. The van der Waals surface area contributed by atoms with Crippen LogP contribution in [0.15, 0.2) is 24.3 Å². The van der Waals surface area contributed by atoms with Crippen LogP contribution in [0, 0.1) is 0 Å². The second-order valence-corrected chi connectivity index (χ2v) is 4.97. The van der Waals surface area contributed by atoms with Crippen molar-refractivity contribution in [2.75, 3.05) is 26.7 Å². The normalized spacial score (nSPS) is 19.4. The van der Waals surface area contributed by atoms with E-state index in [2.05, 4.69) is 35.3 Å². The molecule has 100 valence electrons. The third-order valence-corrected chi connectivity index (χ3v) is 3.63. The van der Waals surface area contributed by atoms with E-state index in [-0.39, 0.29) is 0 Å². The largest absolute Gasteiger partial charge is 0.497 e. The number of hydrogen-bond acceptors (Lipinski definition) is 3. The standard InChI is InChI=1S/C15H24N2O/c1-3-17(12-14-7-5-9-16-14)11-13-6-4-8-15(10-13)18-2/h4,6,8,10,14,16H,3,5,7,9,11-12H2,1-2H3. The first-order valence-corrected chi connectivity index (χ1v) is 6.90. The fourth-order valence-electron chi connectivity index (χ4n) is 2.56. The Bertz CT molecular complexity index is 361. The van der Waals surface area contributed by atoms with Crippen molar-refractivity contribution in [3.63, 3.8) is 0 Å². The molecule has 1 aromatic carbocycles. The van der Waals surface area contributed by atoms with Crippen LogP contribution in [0.1, 0.15) is 25.3 Å². The third kappa shape index (κ3) is 3.72. The number of hydrogen-bond donors (Lipinski definition) is 1. The highest BCUT2D eigenvalue weighted by atomic mass is 16.5. The van der Waals surface area contributed by atoms with Crippen LogP contribution in [0.2, 0.25) is 0 Å². The van der Waals surface area contributed by atoms with Gasteiger partial charge >= 0.3 is 0 Å². The highest BCUT2D eigenvalue weighted by molar-refractivity contribution is 5.28. The molecule has 3 heteroatoms. The summed E-state index contributed by atoms with van der Waals surface area (Å²) in [4.78, 5) is 2.50. The Hall–Kier alpha value is -1.06. The molecule has 0 amide bonds. The van der Waals surface area contributed by atoms with E-state index in [0.717, 1.165) is 25.4 Å². The highest BCUT2D eigenvalue weighted by Crippen LogP contribution is 2.15. The van der Waals surface area contributed by atoms with E-state index >= 15 is 0 Å². The van der Waals surface area contributed by atoms with Gasteiger partial charge in [-0.25, -0.2) is 0 Å². The molecule has 0 saturated carbocycles. The van der Waals surface area contributed by atoms with Gasteiger partial charge in [0.15, 0.2) is 0 Å². The average molecular weight is 248 g/mol. The lowest BCUT2D eigenvalue weighted by Gasteiger charge is -2.24. The van der Waals surface area contributed by atoms with Crippen LogP contribution < -0.4 is 10.1 Å². The molecule has 1 unspecified atom stereocenters. The van der Waals surface area contributed by atoms with Gasteiger partial charge in [-0.05, 0) is 43.6 Å². The molecule has 1 aliphatic rings. The second kappa shape index (κ2) is 6.76.